The summed E-state index contributed by atoms with van der Waals surface area (Å²) in [5.41, 5.74) is 2.92. The first kappa shape index (κ1) is 12.7. The third-order valence-corrected chi connectivity index (χ3v) is 3.06. The van der Waals surface area contributed by atoms with Gasteiger partial charge >= 0.3 is 0 Å². The Morgan fingerprint density at radius 3 is 2.83 bits per heavy atom. The second-order valence-corrected chi connectivity index (χ2v) is 4.34. The number of benzene rings is 1. The number of rotatable bonds is 4. The molecule has 0 saturated heterocycles. The summed E-state index contributed by atoms with van der Waals surface area (Å²) < 4.78 is 5.71. The molecule has 0 aliphatic heterocycles. The normalized spacial score (nSPS) is 10.2. The lowest BCUT2D eigenvalue weighted by Crippen LogP contribution is -2.03. The first-order valence-electron chi connectivity index (χ1n) is 5.72. The maximum absolute atomic E-state index is 6.17. The fraction of sp³-hybridized carbons (Fsp3) is 0.214. The molecule has 0 unspecified atom stereocenters. The number of hydrogen-bond acceptors (Lipinski definition) is 3. The highest BCUT2D eigenvalue weighted by Crippen LogP contribution is 2.25. The highest BCUT2D eigenvalue weighted by molar-refractivity contribution is 6.31. The Bertz CT molecular complexity index is 543. The molecule has 2 aromatic rings. The number of hydrogen-bond donors (Lipinski definition) is 1. The van der Waals surface area contributed by atoms with Gasteiger partial charge in [-0.3, -0.25) is 0 Å². The summed E-state index contributed by atoms with van der Waals surface area (Å²) in [5.74, 6) is 0.638. The molecule has 0 bridgehead atoms. The van der Waals surface area contributed by atoms with E-state index >= 15 is 0 Å². The van der Waals surface area contributed by atoms with Crippen molar-refractivity contribution in [2.45, 2.75) is 13.5 Å². The van der Waals surface area contributed by atoms with E-state index in [9.17, 15) is 0 Å². The lowest BCUT2D eigenvalue weighted by molar-refractivity contribution is 0.292. The number of pyridine rings is 1. The van der Waals surface area contributed by atoms with E-state index in [-0.39, 0.29) is 0 Å². The Morgan fingerprint density at radius 1 is 1.28 bits per heavy atom. The molecule has 0 fully saturated rings. The summed E-state index contributed by atoms with van der Waals surface area (Å²) in [6, 6.07) is 9.58. The number of aromatic nitrogens is 1. The average molecular weight is 263 g/mol. The molecular weight excluding hydrogens is 248 g/mol. The quantitative estimate of drug-likeness (QED) is 0.913. The number of anilines is 1. The molecule has 1 heterocycles. The minimum atomic E-state index is 0.397. The zero-order valence-electron chi connectivity index (χ0n) is 10.4. The molecule has 18 heavy (non-hydrogen) atoms. The van der Waals surface area contributed by atoms with Crippen LogP contribution in [-0.2, 0) is 6.61 Å². The smallest absolute Gasteiger partial charge is 0.216 e. The zero-order valence-corrected chi connectivity index (χ0v) is 11.2. The van der Waals surface area contributed by atoms with Crippen LogP contribution in [0.1, 0.15) is 11.1 Å². The zero-order chi connectivity index (χ0) is 13.0. The van der Waals surface area contributed by atoms with E-state index in [4.69, 9.17) is 16.3 Å². The van der Waals surface area contributed by atoms with Gasteiger partial charge < -0.3 is 10.1 Å². The predicted molar refractivity (Wildman–Crippen MR) is 74.3 cm³/mol. The molecule has 0 saturated carbocycles. The van der Waals surface area contributed by atoms with Gasteiger partial charge in [-0.05, 0) is 25.1 Å². The van der Waals surface area contributed by atoms with Crippen LogP contribution in [0.2, 0.25) is 5.02 Å². The fourth-order valence-corrected chi connectivity index (χ4v) is 1.93. The fourth-order valence-electron chi connectivity index (χ4n) is 1.70. The van der Waals surface area contributed by atoms with Crippen molar-refractivity contribution < 1.29 is 4.74 Å². The van der Waals surface area contributed by atoms with E-state index in [0.717, 1.165) is 16.8 Å². The van der Waals surface area contributed by atoms with Crippen LogP contribution in [0, 0.1) is 6.92 Å². The lowest BCUT2D eigenvalue weighted by atomic mass is 10.2. The second kappa shape index (κ2) is 5.74. The monoisotopic (exact) mass is 262 g/mol. The summed E-state index contributed by atoms with van der Waals surface area (Å²) in [5, 5.41) is 3.79. The SMILES string of the molecule is CNc1cccc(Cl)c1COc1ncccc1C. The van der Waals surface area contributed by atoms with Crippen LogP contribution in [0.25, 0.3) is 0 Å². The minimum Gasteiger partial charge on any atom is -0.472 e. The molecule has 0 spiro atoms. The van der Waals surface area contributed by atoms with Gasteiger partial charge in [-0.2, -0.15) is 0 Å². The van der Waals surface area contributed by atoms with Gasteiger partial charge in [-0.1, -0.05) is 23.7 Å². The number of nitrogens with one attached hydrogen (secondary N) is 1. The van der Waals surface area contributed by atoms with Gasteiger partial charge in [0.25, 0.3) is 0 Å². The maximum atomic E-state index is 6.17. The predicted octanol–water partition coefficient (Wildman–Crippen LogP) is 3.66. The molecule has 0 radical (unpaired) electrons. The molecule has 0 atom stereocenters. The van der Waals surface area contributed by atoms with Crippen molar-refractivity contribution in [3.8, 4) is 5.88 Å². The van der Waals surface area contributed by atoms with Crippen LogP contribution in [0.5, 0.6) is 5.88 Å². The molecule has 94 valence electrons. The number of halogens is 1. The van der Waals surface area contributed by atoms with Gasteiger partial charge in [0.1, 0.15) is 6.61 Å². The van der Waals surface area contributed by atoms with Gasteiger partial charge in [-0.25, -0.2) is 4.98 Å². The van der Waals surface area contributed by atoms with Gasteiger partial charge in [-0.15, -0.1) is 0 Å². The van der Waals surface area contributed by atoms with Gasteiger partial charge in [0.15, 0.2) is 0 Å². The average Bonchev–Trinajstić information content (AvgIpc) is 2.39. The summed E-state index contributed by atoms with van der Waals surface area (Å²) >= 11 is 6.17. The van der Waals surface area contributed by atoms with Crippen LogP contribution < -0.4 is 10.1 Å². The topological polar surface area (TPSA) is 34.1 Å². The van der Waals surface area contributed by atoms with Crippen LogP contribution in [0.4, 0.5) is 5.69 Å². The maximum Gasteiger partial charge on any atom is 0.216 e. The van der Waals surface area contributed by atoms with Gasteiger partial charge in [0, 0.05) is 35.1 Å². The van der Waals surface area contributed by atoms with Crippen molar-refractivity contribution in [3.05, 3.63) is 52.7 Å². The van der Waals surface area contributed by atoms with Crippen LogP contribution in [0.3, 0.4) is 0 Å². The summed E-state index contributed by atoms with van der Waals surface area (Å²) in [6.07, 6.45) is 1.72. The van der Waals surface area contributed by atoms with E-state index in [1.54, 1.807) is 6.20 Å². The summed E-state index contributed by atoms with van der Waals surface area (Å²) in [7, 11) is 1.86. The van der Waals surface area contributed by atoms with Crippen molar-refractivity contribution in [2.75, 3.05) is 12.4 Å². The highest BCUT2D eigenvalue weighted by Gasteiger charge is 2.08. The van der Waals surface area contributed by atoms with Crippen LogP contribution in [-0.4, -0.2) is 12.0 Å². The molecule has 0 aliphatic carbocycles. The van der Waals surface area contributed by atoms with Crippen molar-refractivity contribution in [3.63, 3.8) is 0 Å². The Hall–Kier alpha value is -1.74. The first-order chi connectivity index (χ1) is 8.72. The van der Waals surface area contributed by atoms with Crippen LogP contribution >= 0.6 is 11.6 Å². The third kappa shape index (κ3) is 2.74. The minimum absolute atomic E-state index is 0.397. The van der Waals surface area contributed by atoms with Crippen molar-refractivity contribution in [1.82, 2.24) is 4.98 Å². The molecule has 0 aliphatic rings. The Kier molecular flexibility index (Phi) is 4.05. The molecule has 3 nitrogen and oxygen atoms in total. The summed E-state index contributed by atoms with van der Waals surface area (Å²) in [4.78, 5) is 4.19. The lowest BCUT2D eigenvalue weighted by Gasteiger charge is -2.12. The van der Waals surface area contributed by atoms with Crippen molar-refractivity contribution in [2.24, 2.45) is 0 Å². The Labute approximate surface area is 112 Å². The van der Waals surface area contributed by atoms with E-state index in [1.807, 2.05) is 44.3 Å². The third-order valence-electron chi connectivity index (χ3n) is 2.70. The van der Waals surface area contributed by atoms with Crippen molar-refractivity contribution >= 4 is 17.3 Å². The Morgan fingerprint density at radius 2 is 2.11 bits per heavy atom. The molecule has 1 N–H and O–H groups in total. The van der Waals surface area contributed by atoms with Crippen LogP contribution in [0.15, 0.2) is 36.5 Å². The highest BCUT2D eigenvalue weighted by atomic mass is 35.5. The molecule has 1 aromatic heterocycles. The Balaban J connectivity index is 2.18. The molecule has 1 aromatic carbocycles. The molecular formula is C14H15ClN2O. The van der Waals surface area contributed by atoms with E-state index in [1.165, 1.54) is 0 Å². The largest absolute Gasteiger partial charge is 0.472 e. The molecule has 0 amide bonds. The molecule has 2 rings (SSSR count). The second-order valence-electron chi connectivity index (χ2n) is 3.93. The summed E-state index contributed by atoms with van der Waals surface area (Å²) in [6.45, 7) is 2.36. The van der Waals surface area contributed by atoms with Gasteiger partial charge in [0.05, 0.1) is 0 Å². The van der Waals surface area contributed by atoms with E-state index in [0.29, 0.717) is 17.5 Å². The number of ether oxygens (including phenoxy) is 1. The van der Waals surface area contributed by atoms with Crippen molar-refractivity contribution in [1.29, 1.82) is 0 Å². The van der Waals surface area contributed by atoms with E-state index < -0.39 is 0 Å². The van der Waals surface area contributed by atoms with E-state index in [2.05, 4.69) is 10.3 Å². The standard InChI is InChI=1S/C14H15ClN2O/c1-10-5-4-8-17-14(10)18-9-11-12(15)6-3-7-13(11)16-2/h3-8,16H,9H2,1-2H3. The number of nitrogens with zero attached hydrogens (tertiary/aromatic N) is 1. The number of aryl methyl sites for hydroxylation is 1. The molecule has 4 heteroatoms. The first-order valence-corrected chi connectivity index (χ1v) is 6.09. The van der Waals surface area contributed by atoms with Gasteiger partial charge in [0.2, 0.25) is 5.88 Å².